The zero-order chi connectivity index (χ0) is 21.1. The molecule has 0 saturated heterocycles. The van der Waals surface area contributed by atoms with Crippen molar-refractivity contribution in [3.05, 3.63) is 41.5 Å². The fraction of sp³-hybridized carbons (Fsp3) is 0.609. The number of methoxy groups -OCH3 is 2. The summed E-state index contributed by atoms with van der Waals surface area (Å²) in [5, 5.41) is 18.3. The first-order valence-corrected chi connectivity index (χ1v) is 9.96. The highest BCUT2D eigenvalue weighted by atomic mass is 16.5. The monoisotopic (exact) mass is 392 g/mol. The van der Waals surface area contributed by atoms with Gasteiger partial charge in [0.1, 0.15) is 11.5 Å². The number of benzene rings is 1. The minimum Gasteiger partial charge on any atom is -0.497 e. The van der Waals surface area contributed by atoms with Crippen molar-refractivity contribution in [1.29, 1.82) is 0 Å². The molecule has 0 aromatic heterocycles. The maximum atomic E-state index is 12.0. The zero-order valence-electron chi connectivity index (χ0n) is 17.9. The van der Waals surface area contributed by atoms with Crippen LogP contribution < -0.4 is 4.74 Å². The Kier molecular flexibility index (Phi) is 11.0. The van der Waals surface area contributed by atoms with E-state index < -0.39 is 6.10 Å². The number of aliphatic hydroxyl groups excluding tert-OH is 2. The third kappa shape index (κ3) is 8.13. The molecule has 0 unspecified atom stereocenters. The summed E-state index contributed by atoms with van der Waals surface area (Å²) < 4.78 is 10.3. The Hall–Kier alpha value is -1.69. The molecule has 0 aliphatic heterocycles. The minimum absolute atomic E-state index is 0.0873. The lowest BCUT2D eigenvalue weighted by Crippen LogP contribution is -2.40. The largest absolute Gasteiger partial charge is 0.497 e. The molecule has 1 fully saturated rings. The lowest BCUT2D eigenvalue weighted by Gasteiger charge is -2.32. The highest BCUT2D eigenvalue weighted by Crippen LogP contribution is 2.30. The number of ketones is 1. The van der Waals surface area contributed by atoms with E-state index in [0.717, 1.165) is 29.7 Å². The molecule has 1 aliphatic carbocycles. The molecule has 3 atom stereocenters. The van der Waals surface area contributed by atoms with E-state index in [1.54, 1.807) is 14.2 Å². The van der Waals surface area contributed by atoms with E-state index in [-0.39, 0.29) is 30.8 Å². The number of aliphatic hydroxyl groups is 2. The van der Waals surface area contributed by atoms with Gasteiger partial charge in [-0.2, -0.15) is 0 Å². The molecule has 28 heavy (non-hydrogen) atoms. The van der Waals surface area contributed by atoms with E-state index in [1.165, 1.54) is 0 Å². The van der Waals surface area contributed by atoms with Gasteiger partial charge >= 0.3 is 0 Å². The highest BCUT2D eigenvalue weighted by Gasteiger charge is 2.36. The Morgan fingerprint density at radius 3 is 2.39 bits per heavy atom. The van der Waals surface area contributed by atoms with Gasteiger partial charge in [-0.25, -0.2) is 0 Å². The number of Topliss-reactive ketones (excluding diaryl/α,β-unsaturated/α-hetero) is 1. The molecule has 0 radical (unpaired) electrons. The summed E-state index contributed by atoms with van der Waals surface area (Å²) in [5.74, 6) is 1.44. The van der Waals surface area contributed by atoms with Crippen molar-refractivity contribution < 1.29 is 24.5 Å². The fourth-order valence-corrected chi connectivity index (χ4v) is 3.34. The van der Waals surface area contributed by atoms with Crippen molar-refractivity contribution >= 4 is 5.78 Å². The molecular weight excluding hydrogens is 356 g/mol. The number of rotatable bonds is 7. The molecule has 0 heterocycles. The minimum atomic E-state index is -0.540. The second kappa shape index (κ2) is 12.7. The van der Waals surface area contributed by atoms with Gasteiger partial charge in [0, 0.05) is 20.0 Å². The maximum absolute atomic E-state index is 12.0. The van der Waals surface area contributed by atoms with Gasteiger partial charge in [-0.15, -0.1) is 0 Å². The third-order valence-electron chi connectivity index (χ3n) is 5.01. The smallest absolute Gasteiger partial charge is 0.145 e. The normalized spacial score (nSPS) is 22.6. The van der Waals surface area contributed by atoms with Crippen LogP contribution in [0.4, 0.5) is 0 Å². The molecule has 1 aliphatic rings. The third-order valence-corrected chi connectivity index (χ3v) is 5.01. The zero-order valence-corrected chi connectivity index (χ0v) is 17.9. The summed E-state index contributed by atoms with van der Waals surface area (Å²) in [6.07, 6.45) is 4.41. The van der Waals surface area contributed by atoms with Crippen LogP contribution in [0.3, 0.4) is 0 Å². The van der Waals surface area contributed by atoms with Gasteiger partial charge < -0.3 is 19.7 Å². The van der Waals surface area contributed by atoms with Gasteiger partial charge in [0.15, 0.2) is 0 Å². The molecule has 1 saturated carbocycles. The van der Waals surface area contributed by atoms with Gasteiger partial charge in [-0.3, -0.25) is 4.79 Å². The number of ether oxygens (including phenoxy) is 2. The number of hydrogen-bond donors (Lipinski definition) is 2. The van der Waals surface area contributed by atoms with E-state index in [9.17, 15) is 9.90 Å². The average molecular weight is 393 g/mol. The van der Waals surface area contributed by atoms with Crippen LogP contribution in [-0.4, -0.2) is 42.4 Å². The molecule has 1 aromatic rings. The Morgan fingerprint density at radius 1 is 1.25 bits per heavy atom. The number of carbonyl (C=O) groups excluding carboxylic acids is 1. The van der Waals surface area contributed by atoms with E-state index in [4.69, 9.17) is 14.6 Å². The Bertz CT molecular complexity index is 583. The van der Waals surface area contributed by atoms with Crippen LogP contribution in [0.2, 0.25) is 0 Å². The van der Waals surface area contributed by atoms with E-state index in [1.807, 2.05) is 31.2 Å². The van der Waals surface area contributed by atoms with Gasteiger partial charge in [-0.1, -0.05) is 37.6 Å². The fourth-order valence-electron chi connectivity index (χ4n) is 3.34. The first-order chi connectivity index (χ1) is 13.3. The van der Waals surface area contributed by atoms with Crippen molar-refractivity contribution in [1.82, 2.24) is 0 Å². The summed E-state index contributed by atoms with van der Waals surface area (Å²) in [7, 11) is 3.23. The molecule has 158 valence electrons. The van der Waals surface area contributed by atoms with Crippen LogP contribution in [0, 0.1) is 11.8 Å². The predicted octanol–water partition coefficient (Wildman–Crippen LogP) is 3.91. The predicted molar refractivity (Wildman–Crippen MR) is 111 cm³/mol. The summed E-state index contributed by atoms with van der Waals surface area (Å²) >= 11 is 0. The first-order valence-electron chi connectivity index (χ1n) is 9.96. The van der Waals surface area contributed by atoms with E-state index in [2.05, 4.69) is 19.9 Å². The molecular formula is C23H36O5. The van der Waals surface area contributed by atoms with Crippen LogP contribution in [0.5, 0.6) is 5.75 Å². The SMILES string of the molecule is CO[C@@H]1C[C@@H](O)CC(=O)[C@H]1/C(C)=C/CCC(C)C.COc1ccc(CO)cc1. The number of allylic oxidation sites excluding steroid dienone is 1. The number of carbonyl (C=O) groups is 1. The van der Waals surface area contributed by atoms with Gasteiger partial charge in [0.05, 0.1) is 31.8 Å². The van der Waals surface area contributed by atoms with Crippen LogP contribution in [-0.2, 0) is 16.1 Å². The van der Waals surface area contributed by atoms with Crippen LogP contribution >= 0.6 is 0 Å². The van der Waals surface area contributed by atoms with Crippen molar-refractivity contribution in [3.8, 4) is 5.75 Å². The number of hydrogen-bond acceptors (Lipinski definition) is 5. The van der Waals surface area contributed by atoms with Crippen molar-refractivity contribution in [2.24, 2.45) is 11.8 Å². The van der Waals surface area contributed by atoms with Crippen molar-refractivity contribution in [3.63, 3.8) is 0 Å². The lowest BCUT2D eigenvalue weighted by atomic mass is 9.79. The Labute approximate surface area is 169 Å². The second-order valence-electron chi connectivity index (χ2n) is 7.74. The molecule has 0 amide bonds. The summed E-state index contributed by atoms with van der Waals surface area (Å²) in [6, 6.07) is 7.31. The van der Waals surface area contributed by atoms with Crippen molar-refractivity contribution in [2.45, 2.75) is 65.3 Å². The quantitative estimate of drug-likeness (QED) is 0.688. The second-order valence-corrected chi connectivity index (χ2v) is 7.74. The van der Waals surface area contributed by atoms with Crippen LogP contribution in [0.15, 0.2) is 35.9 Å². The standard InChI is InChI=1S/C15H26O3.C8H10O2/c1-10(2)6-5-7-11(3)15-13(17)8-12(16)9-14(15)18-4;1-10-8-4-2-7(6-9)3-5-8/h7,10,12,14-16H,5-6,8-9H2,1-4H3;2-5,9H,6H2,1H3/b11-7+;/t12-,14+,15+;/m0./s1. The summed E-state index contributed by atoms with van der Waals surface area (Å²) in [4.78, 5) is 12.0. The molecule has 1 aromatic carbocycles. The first kappa shape index (κ1) is 24.3. The molecule has 2 rings (SSSR count). The molecule has 0 spiro atoms. The van der Waals surface area contributed by atoms with Gasteiger partial charge in [0.25, 0.3) is 0 Å². The molecule has 5 nitrogen and oxygen atoms in total. The lowest BCUT2D eigenvalue weighted by molar-refractivity contribution is -0.133. The Morgan fingerprint density at radius 2 is 1.89 bits per heavy atom. The van der Waals surface area contributed by atoms with E-state index >= 15 is 0 Å². The topological polar surface area (TPSA) is 76.0 Å². The summed E-state index contributed by atoms with van der Waals surface area (Å²) in [6.45, 7) is 6.49. The molecule has 2 N–H and O–H groups in total. The average Bonchev–Trinajstić information content (AvgIpc) is 2.67. The molecule has 0 bridgehead atoms. The van der Waals surface area contributed by atoms with Gasteiger partial charge in [-0.05, 0) is 43.4 Å². The maximum Gasteiger partial charge on any atom is 0.145 e. The Balaban J connectivity index is 0.000000330. The van der Waals surface area contributed by atoms with Crippen LogP contribution in [0.1, 0.15) is 52.0 Å². The summed E-state index contributed by atoms with van der Waals surface area (Å²) in [5.41, 5.74) is 2.00. The van der Waals surface area contributed by atoms with Gasteiger partial charge in [0.2, 0.25) is 0 Å². The molecule has 5 heteroatoms. The van der Waals surface area contributed by atoms with Crippen molar-refractivity contribution in [2.75, 3.05) is 14.2 Å². The van der Waals surface area contributed by atoms with Crippen LogP contribution in [0.25, 0.3) is 0 Å². The highest BCUT2D eigenvalue weighted by molar-refractivity contribution is 5.85. The van der Waals surface area contributed by atoms with E-state index in [0.29, 0.717) is 12.3 Å².